The van der Waals surface area contributed by atoms with E-state index in [1.165, 1.54) is 6.92 Å². The summed E-state index contributed by atoms with van der Waals surface area (Å²) in [7, 11) is 0. The van der Waals surface area contributed by atoms with Crippen LogP contribution in [-0.2, 0) is 14.3 Å². The molecule has 5 nitrogen and oxygen atoms in total. The molecule has 0 aromatic carbocycles. The maximum Gasteiger partial charge on any atom is 0.330 e. The van der Waals surface area contributed by atoms with E-state index in [4.69, 9.17) is 11.5 Å². The molecule has 5 heteroatoms. The maximum atomic E-state index is 10.6. The van der Waals surface area contributed by atoms with E-state index >= 15 is 0 Å². The van der Waals surface area contributed by atoms with Crippen LogP contribution >= 0.6 is 0 Å². The fourth-order valence-electron chi connectivity index (χ4n) is 0.374. The highest BCUT2D eigenvalue weighted by Gasteiger charge is 2.12. The highest BCUT2D eigenvalue weighted by molar-refractivity contribution is 5.88. The second kappa shape index (κ2) is 4.81. The van der Waals surface area contributed by atoms with E-state index in [1.807, 2.05) is 0 Å². The van der Waals surface area contributed by atoms with Gasteiger partial charge in [-0.2, -0.15) is 0 Å². The Balaban J connectivity index is 3.67. The molecule has 0 bridgehead atoms. The minimum Gasteiger partial charge on any atom is -0.392 e. The molecule has 1 atom stereocenters. The SMILES string of the molecule is C[C@H](N)C(=O)OC(=O)CCN. The van der Waals surface area contributed by atoms with Crippen molar-refractivity contribution in [3.63, 3.8) is 0 Å². The van der Waals surface area contributed by atoms with Crippen LogP contribution in [0.4, 0.5) is 0 Å². The Bertz CT molecular complexity index is 156. The van der Waals surface area contributed by atoms with Crippen molar-refractivity contribution in [2.45, 2.75) is 19.4 Å². The van der Waals surface area contributed by atoms with Gasteiger partial charge in [-0.3, -0.25) is 4.79 Å². The number of hydrogen-bond donors (Lipinski definition) is 2. The van der Waals surface area contributed by atoms with Gasteiger partial charge in [0, 0.05) is 6.54 Å². The first-order valence-electron chi connectivity index (χ1n) is 3.28. The number of carbonyl (C=O) groups excluding carboxylic acids is 2. The zero-order chi connectivity index (χ0) is 8.85. The fraction of sp³-hybridized carbons (Fsp3) is 0.667. The molecule has 0 saturated carbocycles. The molecule has 64 valence electrons. The third-order valence-corrected chi connectivity index (χ3v) is 0.935. The van der Waals surface area contributed by atoms with Crippen molar-refractivity contribution in [1.82, 2.24) is 0 Å². The molecule has 0 rings (SSSR count). The van der Waals surface area contributed by atoms with Gasteiger partial charge in [0.2, 0.25) is 0 Å². The topological polar surface area (TPSA) is 95.4 Å². The first kappa shape index (κ1) is 10.1. The quantitative estimate of drug-likeness (QED) is 0.397. The summed E-state index contributed by atoms with van der Waals surface area (Å²) in [6.45, 7) is 1.61. The van der Waals surface area contributed by atoms with Crippen molar-refractivity contribution in [3.8, 4) is 0 Å². The molecule has 4 N–H and O–H groups in total. The third-order valence-electron chi connectivity index (χ3n) is 0.935. The molecule has 0 aromatic heterocycles. The molecule has 0 radical (unpaired) electrons. The largest absolute Gasteiger partial charge is 0.392 e. The molecule has 0 aliphatic heterocycles. The molecule has 11 heavy (non-hydrogen) atoms. The van der Waals surface area contributed by atoms with E-state index in [-0.39, 0.29) is 13.0 Å². The normalized spacial score (nSPS) is 12.3. The predicted octanol–water partition coefficient (Wildman–Crippen LogP) is -1.25. The zero-order valence-electron chi connectivity index (χ0n) is 6.37. The van der Waals surface area contributed by atoms with Crippen molar-refractivity contribution in [2.75, 3.05) is 6.54 Å². The fourth-order valence-corrected chi connectivity index (χ4v) is 0.374. The molecular weight excluding hydrogens is 148 g/mol. The first-order valence-corrected chi connectivity index (χ1v) is 3.28. The lowest BCUT2D eigenvalue weighted by Crippen LogP contribution is -2.31. The Hall–Kier alpha value is -0.940. The minimum absolute atomic E-state index is 0.0401. The summed E-state index contributed by atoms with van der Waals surface area (Å²) >= 11 is 0. The number of ether oxygens (including phenoxy) is 1. The van der Waals surface area contributed by atoms with E-state index in [0.29, 0.717) is 0 Å². The number of carbonyl (C=O) groups is 2. The molecule has 0 aromatic rings. The molecule has 0 unspecified atom stereocenters. The lowest BCUT2D eigenvalue weighted by atomic mass is 10.4. The molecule has 0 heterocycles. The highest BCUT2D eigenvalue weighted by atomic mass is 16.6. The molecular formula is C6H12N2O3. The van der Waals surface area contributed by atoms with Crippen LogP contribution in [0.3, 0.4) is 0 Å². The Morgan fingerprint density at radius 1 is 1.55 bits per heavy atom. The van der Waals surface area contributed by atoms with E-state index in [0.717, 1.165) is 0 Å². The number of nitrogens with two attached hydrogens (primary N) is 2. The number of rotatable bonds is 3. The molecule has 0 aliphatic rings. The smallest absolute Gasteiger partial charge is 0.330 e. The van der Waals surface area contributed by atoms with Gasteiger partial charge in [0.15, 0.2) is 0 Å². The van der Waals surface area contributed by atoms with Gasteiger partial charge in [-0.05, 0) is 6.92 Å². The minimum atomic E-state index is -0.767. The second-order valence-electron chi connectivity index (χ2n) is 2.12. The van der Waals surface area contributed by atoms with Crippen LogP contribution in [0.15, 0.2) is 0 Å². The van der Waals surface area contributed by atoms with Crippen LogP contribution in [0.2, 0.25) is 0 Å². The van der Waals surface area contributed by atoms with Crippen LogP contribution in [0, 0.1) is 0 Å². The lowest BCUT2D eigenvalue weighted by molar-refractivity contribution is -0.160. The summed E-state index contributed by atoms with van der Waals surface area (Å²) < 4.78 is 4.27. The van der Waals surface area contributed by atoms with Gasteiger partial charge >= 0.3 is 11.9 Å². The van der Waals surface area contributed by atoms with Crippen molar-refractivity contribution >= 4 is 11.9 Å². The maximum absolute atomic E-state index is 10.6. The van der Waals surface area contributed by atoms with Crippen LogP contribution in [0.5, 0.6) is 0 Å². The summed E-state index contributed by atoms with van der Waals surface area (Å²) in [4.78, 5) is 21.2. The molecule has 0 spiro atoms. The molecule has 0 saturated heterocycles. The van der Waals surface area contributed by atoms with Gasteiger partial charge in [0.05, 0.1) is 6.42 Å². The van der Waals surface area contributed by atoms with Gasteiger partial charge in [-0.15, -0.1) is 0 Å². The van der Waals surface area contributed by atoms with E-state index in [2.05, 4.69) is 4.74 Å². The average Bonchev–Trinajstić information content (AvgIpc) is 1.87. The monoisotopic (exact) mass is 160 g/mol. The zero-order valence-corrected chi connectivity index (χ0v) is 6.37. The second-order valence-corrected chi connectivity index (χ2v) is 2.12. The van der Waals surface area contributed by atoms with E-state index in [9.17, 15) is 9.59 Å². The van der Waals surface area contributed by atoms with Gasteiger partial charge in [-0.25, -0.2) is 4.79 Å². The predicted molar refractivity (Wildman–Crippen MR) is 38.4 cm³/mol. The van der Waals surface area contributed by atoms with Crippen molar-refractivity contribution in [3.05, 3.63) is 0 Å². The van der Waals surface area contributed by atoms with Crippen molar-refractivity contribution in [1.29, 1.82) is 0 Å². The van der Waals surface area contributed by atoms with E-state index in [1.54, 1.807) is 0 Å². The van der Waals surface area contributed by atoms with Gasteiger partial charge in [0.1, 0.15) is 6.04 Å². The summed E-state index contributed by atoms with van der Waals surface area (Å²) in [5.41, 5.74) is 10.2. The Labute approximate surface area is 64.7 Å². The van der Waals surface area contributed by atoms with Crippen LogP contribution in [0.1, 0.15) is 13.3 Å². The number of esters is 2. The Kier molecular flexibility index (Phi) is 4.40. The van der Waals surface area contributed by atoms with Gasteiger partial charge in [0.25, 0.3) is 0 Å². The first-order chi connectivity index (χ1) is 5.07. The van der Waals surface area contributed by atoms with Crippen LogP contribution in [-0.4, -0.2) is 24.5 Å². The standard InChI is InChI=1S/C6H12N2O3/c1-4(8)6(10)11-5(9)2-3-7/h4H,2-3,7-8H2,1H3/t4-/m0/s1. The average molecular weight is 160 g/mol. The summed E-state index contributed by atoms with van der Waals surface area (Å²) in [5, 5.41) is 0. The van der Waals surface area contributed by atoms with Gasteiger partial charge in [-0.1, -0.05) is 0 Å². The van der Waals surface area contributed by atoms with Crippen molar-refractivity contribution < 1.29 is 14.3 Å². The highest BCUT2D eigenvalue weighted by Crippen LogP contribution is 1.88. The van der Waals surface area contributed by atoms with Crippen LogP contribution in [0.25, 0.3) is 0 Å². The van der Waals surface area contributed by atoms with Crippen molar-refractivity contribution in [2.24, 2.45) is 11.5 Å². The van der Waals surface area contributed by atoms with E-state index < -0.39 is 18.0 Å². The van der Waals surface area contributed by atoms with Gasteiger partial charge < -0.3 is 16.2 Å². The number of hydrogen-bond acceptors (Lipinski definition) is 5. The Morgan fingerprint density at radius 2 is 2.09 bits per heavy atom. The lowest BCUT2D eigenvalue weighted by Gasteiger charge is -2.03. The molecule has 0 fully saturated rings. The summed E-state index contributed by atoms with van der Waals surface area (Å²) in [5.74, 6) is -1.35. The summed E-state index contributed by atoms with van der Waals surface area (Å²) in [6, 6.07) is -0.767. The summed E-state index contributed by atoms with van der Waals surface area (Å²) in [6.07, 6.45) is 0.0401. The third kappa shape index (κ3) is 4.46. The molecule has 0 aliphatic carbocycles. The Morgan fingerprint density at radius 3 is 2.45 bits per heavy atom. The molecule has 0 amide bonds. The van der Waals surface area contributed by atoms with Crippen LogP contribution < -0.4 is 11.5 Å².